The Balaban J connectivity index is 1.13. The summed E-state index contributed by atoms with van der Waals surface area (Å²) < 4.78 is 11.7. The molecule has 2 aromatic carbocycles. The maximum atomic E-state index is 12.6. The number of piperidine rings is 1. The molecule has 5 heterocycles. The number of aromatic nitrogens is 2. The van der Waals surface area contributed by atoms with Crippen molar-refractivity contribution in [1.82, 2.24) is 14.9 Å². The molecule has 0 saturated carbocycles. The average molecular weight is 612 g/mol. The van der Waals surface area contributed by atoms with Crippen LogP contribution in [0.25, 0.3) is 0 Å². The molecule has 11 heteroatoms. The third-order valence-electron chi connectivity index (χ3n) is 9.75. The molecular formula is C34H41N7O4. The Kier molecular flexibility index (Phi) is 8.07. The van der Waals surface area contributed by atoms with Crippen LogP contribution in [-0.4, -0.2) is 78.9 Å². The predicted octanol–water partition coefficient (Wildman–Crippen LogP) is 4.85. The lowest BCUT2D eigenvalue weighted by atomic mass is 9.89. The van der Waals surface area contributed by atoms with E-state index in [1.807, 2.05) is 41.5 Å². The van der Waals surface area contributed by atoms with Crippen molar-refractivity contribution in [2.45, 2.75) is 56.3 Å². The fourth-order valence-corrected chi connectivity index (χ4v) is 7.32. The van der Waals surface area contributed by atoms with Gasteiger partial charge in [0.15, 0.2) is 5.82 Å². The van der Waals surface area contributed by atoms with E-state index in [9.17, 15) is 4.79 Å². The zero-order valence-corrected chi connectivity index (χ0v) is 25.9. The van der Waals surface area contributed by atoms with E-state index in [-0.39, 0.29) is 11.4 Å². The third kappa shape index (κ3) is 5.71. The van der Waals surface area contributed by atoms with E-state index in [0.717, 1.165) is 63.2 Å². The van der Waals surface area contributed by atoms with Crippen LogP contribution in [0.2, 0.25) is 0 Å². The van der Waals surface area contributed by atoms with E-state index in [2.05, 4.69) is 56.0 Å². The number of ether oxygens (including phenoxy) is 2. The molecule has 0 radical (unpaired) electrons. The van der Waals surface area contributed by atoms with E-state index in [1.54, 1.807) is 7.11 Å². The number of morpholine rings is 1. The Labute approximate surface area is 264 Å². The molecule has 4 aliphatic rings. The number of hydrogen-bond donors (Lipinski definition) is 2. The molecule has 4 fully saturated rings. The van der Waals surface area contributed by atoms with E-state index in [1.165, 1.54) is 12.4 Å². The fourth-order valence-electron chi connectivity index (χ4n) is 7.32. The van der Waals surface area contributed by atoms with Gasteiger partial charge in [-0.2, -0.15) is 0 Å². The van der Waals surface area contributed by atoms with Crippen molar-refractivity contribution in [1.29, 1.82) is 0 Å². The number of anilines is 5. The Hall–Kier alpha value is -4.19. The second-order valence-corrected chi connectivity index (χ2v) is 12.4. The predicted molar refractivity (Wildman–Crippen MR) is 174 cm³/mol. The highest BCUT2D eigenvalue weighted by atomic mass is 16.7. The van der Waals surface area contributed by atoms with Gasteiger partial charge in [-0.1, -0.05) is 36.9 Å². The van der Waals surface area contributed by atoms with Crippen molar-refractivity contribution in [3.63, 3.8) is 0 Å². The van der Waals surface area contributed by atoms with Gasteiger partial charge >= 0.3 is 0 Å². The lowest BCUT2D eigenvalue weighted by Crippen LogP contribution is -2.49. The smallest absolute Gasteiger partial charge is 0.247 e. The van der Waals surface area contributed by atoms with Crippen molar-refractivity contribution in [3.8, 4) is 5.75 Å². The largest absolute Gasteiger partial charge is 0.494 e. The first-order chi connectivity index (χ1) is 21.9. The SMILES string of the molecule is C=CC(=O)Nc1cc(Nc2cc(N3OCC[C@]3(C)c3ccccc3)ncn2)c(OC)cc1N1CCC(N2C[C@H]3C[C@@H]2CO3)CC1. The summed E-state index contributed by atoms with van der Waals surface area (Å²) in [5.74, 6) is 1.59. The number of hydroxylamine groups is 1. The Bertz CT molecular complexity index is 1550. The number of amides is 1. The number of fused-ring (bicyclic) bond motifs is 2. The number of benzene rings is 2. The molecule has 0 unspecified atom stereocenters. The number of nitrogens with zero attached hydrogens (tertiary/aromatic N) is 5. The van der Waals surface area contributed by atoms with Crippen LogP contribution in [0.1, 0.15) is 38.2 Å². The van der Waals surface area contributed by atoms with Gasteiger partial charge in [-0.25, -0.2) is 15.0 Å². The van der Waals surface area contributed by atoms with E-state index in [0.29, 0.717) is 53.6 Å². The first-order valence-corrected chi connectivity index (χ1v) is 15.8. The molecular weight excluding hydrogens is 570 g/mol. The van der Waals surface area contributed by atoms with Gasteiger partial charge in [-0.15, -0.1) is 0 Å². The normalized spacial score (nSPS) is 25.0. The number of methoxy groups -OCH3 is 1. The highest BCUT2D eigenvalue weighted by Gasteiger charge is 2.43. The van der Waals surface area contributed by atoms with E-state index < -0.39 is 0 Å². The minimum Gasteiger partial charge on any atom is -0.494 e. The summed E-state index contributed by atoms with van der Waals surface area (Å²) in [5.41, 5.74) is 3.06. The Morgan fingerprint density at radius 1 is 1.11 bits per heavy atom. The maximum absolute atomic E-state index is 12.6. The zero-order valence-electron chi connectivity index (χ0n) is 25.9. The number of carbonyl (C=O) groups excluding carboxylic acids is 1. The Morgan fingerprint density at radius 2 is 1.93 bits per heavy atom. The second kappa shape index (κ2) is 12.3. The molecule has 45 heavy (non-hydrogen) atoms. The summed E-state index contributed by atoms with van der Waals surface area (Å²) in [6.07, 6.45) is 7.32. The van der Waals surface area contributed by atoms with Crippen molar-refractivity contribution in [2.75, 3.05) is 60.6 Å². The van der Waals surface area contributed by atoms with Gasteiger partial charge in [0.25, 0.3) is 0 Å². The first kappa shape index (κ1) is 29.5. The quantitative estimate of drug-likeness (QED) is 0.326. The van der Waals surface area contributed by atoms with E-state index in [4.69, 9.17) is 14.3 Å². The van der Waals surface area contributed by atoms with Gasteiger partial charge in [-0.05, 0) is 43.9 Å². The number of rotatable bonds is 9. The molecule has 11 nitrogen and oxygen atoms in total. The summed E-state index contributed by atoms with van der Waals surface area (Å²) in [5, 5.41) is 8.30. The van der Waals surface area contributed by atoms with Crippen molar-refractivity contribution in [2.24, 2.45) is 0 Å². The summed E-state index contributed by atoms with van der Waals surface area (Å²) >= 11 is 0. The number of hydrogen-bond acceptors (Lipinski definition) is 10. The van der Waals surface area contributed by atoms with Crippen LogP contribution in [0.4, 0.5) is 28.7 Å². The molecule has 4 aliphatic heterocycles. The average Bonchev–Trinajstić information content (AvgIpc) is 3.82. The zero-order chi connectivity index (χ0) is 31.0. The first-order valence-electron chi connectivity index (χ1n) is 15.8. The maximum Gasteiger partial charge on any atom is 0.247 e. The second-order valence-electron chi connectivity index (χ2n) is 12.4. The van der Waals surface area contributed by atoms with Crippen molar-refractivity contribution >= 4 is 34.6 Å². The van der Waals surface area contributed by atoms with Crippen LogP contribution in [0.3, 0.4) is 0 Å². The van der Waals surface area contributed by atoms with Crippen LogP contribution in [0.15, 0.2) is 67.5 Å². The topological polar surface area (TPSA) is 104 Å². The Morgan fingerprint density at radius 3 is 2.64 bits per heavy atom. The van der Waals surface area contributed by atoms with Crippen LogP contribution in [0, 0.1) is 0 Å². The molecule has 3 aromatic rings. The molecule has 0 aliphatic carbocycles. The lowest BCUT2D eigenvalue weighted by Gasteiger charge is -2.41. The highest BCUT2D eigenvalue weighted by molar-refractivity contribution is 6.02. The molecule has 0 spiro atoms. The minimum atomic E-state index is -0.371. The van der Waals surface area contributed by atoms with Crippen LogP contribution in [-0.2, 0) is 19.9 Å². The summed E-state index contributed by atoms with van der Waals surface area (Å²) in [6.45, 7) is 10.1. The third-order valence-corrected chi connectivity index (χ3v) is 9.75. The number of carbonyl (C=O) groups is 1. The van der Waals surface area contributed by atoms with Gasteiger partial charge in [0.1, 0.15) is 17.9 Å². The minimum absolute atomic E-state index is 0.272. The van der Waals surface area contributed by atoms with Crippen LogP contribution in [0.5, 0.6) is 5.75 Å². The van der Waals surface area contributed by atoms with Gasteiger partial charge in [0.05, 0.1) is 49.0 Å². The lowest BCUT2D eigenvalue weighted by molar-refractivity contribution is -0.111. The van der Waals surface area contributed by atoms with Crippen LogP contribution < -0.4 is 25.3 Å². The molecule has 236 valence electrons. The van der Waals surface area contributed by atoms with Crippen molar-refractivity contribution < 1.29 is 19.1 Å². The highest BCUT2D eigenvalue weighted by Crippen LogP contribution is 2.42. The van der Waals surface area contributed by atoms with Gasteiger partial charge in [-0.3, -0.25) is 14.5 Å². The molecule has 2 N–H and O–H groups in total. The van der Waals surface area contributed by atoms with Gasteiger partial charge < -0.3 is 25.0 Å². The van der Waals surface area contributed by atoms with Crippen molar-refractivity contribution in [3.05, 3.63) is 73.1 Å². The fraction of sp³-hybridized carbons (Fsp3) is 0.441. The summed E-state index contributed by atoms with van der Waals surface area (Å²) in [4.78, 5) is 32.7. The summed E-state index contributed by atoms with van der Waals surface area (Å²) in [7, 11) is 1.65. The monoisotopic (exact) mass is 611 g/mol. The molecule has 4 saturated heterocycles. The molecule has 1 amide bonds. The molecule has 2 bridgehead atoms. The molecule has 1 aromatic heterocycles. The summed E-state index contributed by atoms with van der Waals surface area (Å²) in [6, 6.07) is 17.2. The molecule has 3 atom stereocenters. The number of likely N-dealkylation sites (tertiary alicyclic amines) is 1. The molecule has 7 rings (SSSR count). The number of nitrogens with one attached hydrogen (secondary N) is 2. The van der Waals surface area contributed by atoms with Gasteiger partial charge in [0, 0.05) is 50.3 Å². The van der Waals surface area contributed by atoms with Gasteiger partial charge in [0.2, 0.25) is 5.91 Å². The van der Waals surface area contributed by atoms with E-state index >= 15 is 0 Å². The van der Waals surface area contributed by atoms with Crippen LogP contribution >= 0.6 is 0 Å². The standard InChI is InChI=1S/C34H41N7O4/c1-4-33(42)38-27-17-28(30(43-3)18-29(27)39-13-10-24(11-14-39)40-20-26-16-25(40)21-44-26)37-31-19-32(36-22-35-31)41-34(2,12-15-45-41)23-8-6-5-7-9-23/h4-9,17-19,22,24-26H,1,10-16,20-21H2,2-3H3,(H,38,42)(H,35,36,37)/t25-,26-,34-/m1/s1.